The van der Waals surface area contributed by atoms with Crippen molar-refractivity contribution in [2.75, 3.05) is 31.1 Å². The molecule has 162 valence electrons. The van der Waals surface area contributed by atoms with Crippen molar-refractivity contribution in [2.24, 2.45) is 0 Å². The van der Waals surface area contributed by atoms with Crippen molar-refractivity contribution in [2.45, 2.75) is 39.0 Å². The largest absolute Gasteiger partial charge is 0.345 e. The number of hydrogen-bond donors (Lipinski definition) is 0. The summed E-state index contributed by atoms with van der Waals surface area (Å²) in [5.74, 6) is 1.06. The van der Waals surface area contributed by atoms with E-state index >= 15 is 0 Å². The molecule has 2 aromatic carbocycles. The molecule has 0 bridgehead atoms. The molecule has 0 aliphatic carbocycles. The standard InChI is InChI=1S/C25H30N4OS/c1-3-22(21-8-5-4-6-9-21)24(30)28-14-7-15-29(17-16-28)25-26-23(27-31-25)18-20-12-10-19(2)11-13-20/h4-6,8-13,22H,3,7,14-18H2,1-2H3. The van der Waals surface area contributed by atoms with Crippen LogP contribution in [0.15, 0.2) is 54.6 Å². The van der Waals surface area contributed by atoms with Gasteiger partial charge in [-0.05, 0) is 30.9 Å². The van der Waals surface area contributed by atoms with Crippen molar-refractivity contribution in [3.63, 3.8) is 0 Å². The van der Waals surface area contributed by atoms with Crippen molar-refractivity contribution in [1.29, 1.82) is 0 Å². The van der Waals surface area contributed by atoms with Crippen LogP contribution in [-0.2, 0) is 11.2 Å². The van der Waals surface area contributed by atoms with Gasteiger partial charge in [0.25, 0.3) is 0 Å². The van der Waals surface area contributed by atoms with Crippen LogP contribution in [0.4, 0.5) is 5.13 Å². The first kappa shape index (κ1) is 21.5. The minimum Gasteiger partial charge on any atom is -0.345 e. The average molecular weight is 435 g/mol. The SMILES string of the molecule is CCC(C(=O)N1CCCN(c2nc(Cc3ccc(C)cc3)ns2)CC1)c1ccccc1. The lowest BCUT2D eigenvalue weighted by Crippen LogP contribution is -2.38. The van der Waals surface area contributed by atoms with Crippen LogP contribution in [0, 0.1) is 6.92 Å². The Morgan fingerprint density at radius 2 is 1.81 bits per heavy atom. The molecule has 1 aromatic heterocycles. The quantitative estimate of drug-likeness (QED) is 0.566. The molecule has 3 aromatic rings. The number of carbonyl (C=O) groups excluding carboxylic acids is 1. The Labute approximate surface area is 188 Å². The molecule has 1 saturated heterocycles. The van der Waals surface area contributed by atoms with Crippen LogP contribution in [0.5, 0.6) is 0 Å². The zero-order chi connectivity index (χ0) is 21.6. The number of rotatable bonds is 6. The summed E-state index contributed by atoms with van der Waals surface area (Å²) in [5, 5.41) is 0.964. The highest BCUT2D eigenvalue weighted by Crippen LogP contribution is 2.25. The third kappa shape index (κ3) is 5.31. The molecule has 0 radical (unpaired) electrons. The Morgan fingerprint density at radius 1 is 1.03 bits per heavy atom. The van der Waals surface area contributed by atoms with Crippen molar-refractivity contribution < 1.29 is 4.79 Å². The molecule has 2 heterocycles. The van der Waals surface area contributed by atoms with Crippen molar-refractivity contribution in [3.05, 3.63) is 77.1 Å². The van der Waals surface area contributed by atoms with E-state index in [1.807, 2.05) is 23.1 Å². The van der Waals surface area contributed by atoms with Crippen LogP contribution in [-0.4, -0.2) is 46.3 Å². The number of aryl methyl sites for hydroxylation is 1. The Balaban J connectivity index is 1.38. The molecule has 5 nitrogen and oxygen atoms in total. The Hall–Kier alpha value is -2.73. The highest BCUT2D eigenvalue weighted by molar-refractivity contribution is 7.09. The molecule has 1 aliphatic rings. The number of benzene rings is 2. The smallest absolute Gasteiger partial charge is 0.230 e. The number of nitrogens with zero attached hydrogens (tertiary/aromatic N) is 4. The molecule has 31 heavy (non-hydrogen) atoms. The first-order chi connectivity index (χ1) is 15.1. The molecule has 0 N–H and O–H groups in total. The molecule has 0 spiro atoms. The lowest BCUT2D eigenvalue weighted by Gasteiger charge is -2.26. The van der Waals surface area contributed by atoms with Gasteiger partial charge >= 0.3 is 0 Å². The van der Waals surface area contributed by atoms with Crippen molar-refractivity contribution in [3.8, 4) is 0 Å². The highest BCUT2D eigenvalue weighted by atomic mass is 32.1. The summed E-state index contributed by atoms with van der Waals surface area (Å²) in [6.45, 7) is 7.43. The Kier molecular flexibility index (Phi) is 6.97. The minimum atomic E-state index is -0.0598. The van der Waals surface area contributed by atoms with E-state index < -0.39 is 0 Å². The molecule has 1 aliphatic heterocycles. The molecule has 0 saturated carbocycles. The summed E-state index contributed by atoms with van der Waals surface area (Å²) in [6.07, 6.45) is 2.52. The van der Waals surface area contributed by atoms with Gasteiger partial charge in [-0.15, -0.1) is 0 Å². The zero-order valence-electron chi connectivity index (χ0n) is 18.3. The maximum Gasteiger partial charge on any atom is 0.230 e. The summed E-state index contributed by atoms with van der Waals surface area (Å²) in [6, 6.07) is 18.7. The molecule has 1 fully saturated rings. The zero-order valence-corrected chi connectivity index (χ0v) is 19.1. The number of anilines is 1. The first-order valence-electron chi connectivity index (χ1n) is 11.1. The normalized spacial score (nSPS) is 15.5. The number of carbonyl (C=O) groups is 1. The van der Waals surface area contributed by atoms with Crippen LogP contribution >= 0.6 is 11.5 Å². The number of aromatic nitrogens is 2. The van der Waals surface area contributed by atoms with Gasteiger partial charge in [0.2, 0.25) is 11.0 Å². The third-order valence-corrected chi connectivity index (χ3v) is 6.74. The fraction of sp³-hybridized carbons (Fsp3) is 0.400. The molecular formula is C25H30N4OS. The van der Waals surface area contributed by atoms with Gasteiger partial charge in [0.15, 0.2) is 0 Å². The van der Waals surface area contributed by atoms with Gasteiger partial charge in [0, 0.05) is 44.1 Å². The molecule has 1 atom stereocenters. The summed E-state index contributed by atoms with van der Waals surface area (Å²) < 4.78 is 4.58. The number of amides is 1. The second-order valence-electron chi connectivity index (χ2n) is 8.19. The monoisotopic (exact) mass is 434 g/mol. The number of hydrogen-bond acceptors (Lipinski definition) is 5. The predicted octanol–water partition coefficient (Wildman–Crippen LogP) is 4.67. The summed E-state index contributed by atoms with van der Waals surface area (Å²) in [7, 11) is 0. The maximum atomic E-state index is 13.2. The van der Waals surface area contributed by atoms with E-state index in [9.17, 15) is 4.79 Å². The fourth-order valence-corrected chi connectivity index (χ4v) is 4.86. The van der Waals surface area contributed by atoms with Gasteiger partial charge in [-0.25, -0.2) is 4.98 Å². The predicted molar refractivity (Wildman–Crippen MR) is 127 cm³/mol. The second kappa shape index (κ2) is 10.1. The van der Waals surface area contributed by atoms with E-state index in [-0.39, 0.29) is 11.8 Å². The van der Waals surface area contributed by atoms with E-state index in [4.69, 9.17) is 4.98 Å². The van der Waals surface area contributed by atoms with E-state index in [0.29, 0.717) is 0 Å². The van der Waals surface area contributed by atoms with Crippen LogP contribution in [0.25, 0.3) is 0 Å². The third-order valence-electron chi connectivity index (χ3n) is 5.93. The molecule has 1 amide bonds. The van der Waals surface area contributed by atoms with Gasteiger partial charge in [-0.3, -0.25) is 4.79 Å². The van der Waals surface area contributed by atoms with Gasteiger partial charge in [-0.1, -0.05) is 67.1 Å². The molecule has 6 heteroatoms. The summed E-state index contributed by atoms with van der Waals surface area (Å²) >= 11 is 1.47. The van der Waals surface area contributed by atoms with Gasteiger partial charge in [0.05, 0.1) is 5.92 Å². The van der Waals surface area contributed by atoms with Crippen LogP contribution in [0.3, 0.4) is 0 Å². The summed E-state index contributed by atoms with van der Waals surface area (Å²) in [4.78, 5) is 22.4. The van der Waals surface area contributed by atoms with Gasteiger partial charge < -0.3 is 9.80 Å². The summed E-state index contributed by atoms with van der Waals surface area (Å²) in [5.41, 5.74) is 3.60. The van der Waals surface area contributed by atoms with Gasteiger partial charge in [0.1, 0.15) is 5.82 Å². The van der Waals surface area contributed by atoms with E-state index in [0.717, 1.165) is 62.0 Å². The van der Waals surface area contributed by atoms with Crippen LogP contribution in [0.1, 0.15) is 48.2 Å². The maximum absolute atomic E-state index is 13.2. The topological polar surface area (TPSA) is 49.3 Å². The van der Waals surface area contributed by atoms with Crippen molar-refractivity contribution >= 4 is 22.6 Å². The van der Waals surface area contributed by atoms with Crippen LogP contribution in [0.2, 0.25) is 0 Å². The van der Waals surface area contributed by atoms with E-state index in [1.165, 1.54) is 22.7 Å². The van der Waals surface area contributed by atoms with Gasteiger partial charge in [-0.2, -0.15) is 4.37 Å². The molecular weight excluding hydrogens is 404 g/mol. The van der Waals surface area contributed by atoms with E-state index in [1.54, 1.807) is 0 Å². The fourth-order valence-electron chi connectivity index (χ4n) is 4.12. The second-order valence-corrected chi connectivity index (χ2v) is 8.92. The van der Waals surface area contributed by atoms with Crippen LogP contribution < -0.4 is 4.90 Å². The lowest BCUT2D eigenvalue weighted by molar-refractivity contribution is -0.132. The minimum absolute atomic E-state index is 0.0598. The molecule has 1 unspecified atom stereocenters. The first-order valence-corrected chi connectivity index (χ1v) is 11.9. The van der Waals surface area contributed by atoms with Crippen molar-refractivity contribution in [1.82, 2.24) is 14.3 Å². The molecule has 4 rings (SSSR count). The lowest BCUT2D eigenvalue weighted by atomic mass is 9.95. The average Bonchev–Trinajstić information content (AvgIpc) is 3.11. The highest BCUT2D eigenvalue weighted by Gasteiger charge is 2.27. The Bertz CT molecular complexity index is 986. The Morgan fingerprint density at radius 3 is 2.55 bits per heavy atom. The van der Waals surface area contributed by atoms with E-state index in [2.05, 4.69) is 59.5 Å².